The van der Waals surface area contributed by atoms with E-state index in [-0.39, 0.29) is 23.0 Å². The maximum absolute atomic E-state index is 12.7. The van der Waals surface area contributed by atoms with Crippen LogP contribution in [0.15, 0.2) is 71.1 Å². The van der Waals surface area contributed by atoms with Crippen LogP contribution in [0.1, 0.15) is 40.5 Å². The van der Waals surface area contributed by atoms with Gasteiger partial charge >= 0.3 is 0 Å². The minimum atomic E-state index is -3.83. The van der Waals surface area contributed by atoms with Crippen LogP contribution in [-0.4, -0.2) is 55.1 Å². The molecule has 1 amide bonds. The first kappa shape index (κ1) is 25.7. The van der Waals surface area contributed by atoms with Gasteiger partial charge in [-0.25, -0.2) is 26.7 Å². The summed E-state index contributed by atoms with van der Waals surface area (Å²) in [5.74, 6) is -0.396. The number of carbonyl (C=O) groups excluding carboxylic acids is 1. The minimum absolute atomic E-state index is 0.00254. The molecule has 0 aliphatic carbocycles. The first-order valence-electron chi connectivity index (χ1n) is 11.2. The number of nitrogens with two attached hydrogens (primary N) is 1. The molecule has 4 rings (SSSR count). The Hall–Kier alpha value is -3.39. The smallest absolute Gasteiger partial charge is 0.251 e. The summed E-state index contributed by atoms with van der Waals surface area (Å²) in [4.78, 5) is 12.3. The summed E-state index contributed by atoms with van der Waals surface area (Å²) >= 11 is 0. The number of hydrogen-bond donors (Lipinski definition) is 2. The topological polar surface area (TPSA) is 157 Å². The zero-order valence-corrected chi connectivity index (χ0v) is 20.9. The number of sulfonamides is 2. The number of nitrogens with zero attached hydrogens (tertiary/aromatic N) is 4. The predicted octanol–water partition coefficient (Wildman–Crippen LogP) is 1.49. The first-order chi connectivity index (χ1) is 17.1. The van der Waals surface area contributed by atoms with E-state index in [1.807, 2.05) is 30.3 Å². The van der Waals surface area contributed by atoms with Crippen LogP contribution in [-0.2, 0) is 26.6 Å². The highest BCUT2D eigenvalue weighted by Gasteiger charge is 2.27. The molecule has 190 valence electrons. The van der Waals surface area contributed by atoms with Gasteiger partial charge in [0.2, 0.25) is 20.0 Å². The summed E-state index contributed by atoms with van der Waals surface area (Å²) in [6.07, 6.45) is 4.50. The molecule has 11 nitrogen and oxygen atoms in total. The normalized spacial score (nSPS) is 15.8. The summed E-state index contributed by atoms with van der Waals surface area (Å²) in [5.41, 5.74) is 1.65. The van der Waals surface area contributed by atoms with E-state index in [0.717, 1.165) is 5.56 Å². The second kappa shape index (κ2) is 10.7. The Labute approximate surface area is 209 Å². The number of amides is 1. The van der Waals surface area contributed by atoms with Gasteiger partial charge in [-0.1, -0.05) is 35.5 Å². The Bertz CT molecular complexity index is 1440. The zero-order chi connectivity index (χ0) is 25.8. The van der Waals surface area contributed by atoms with Gasteiger partial charge in [0.15, 0.2) is 0 Å². The van der Waals surface area contributed by atoms with E-state index >= 15 is 0 Å². The standard InChI is InChI=1S/C23H26N6O5S2/c24-36(33,34)22-8-6-19(7-9-22)23(30)25-16-20-17-29(27-26-20)21-10-13-28(14-11-21)35(31,32)15-12-18-4-2-1-3-5-18/h1-9,12,15,17,21H,10-11,13-14,16H2,(H,25,30)(H2,24,33,34). The van der Waals surface area contributed by atoms with Crippen molar-refractivity contribution in [3.05, 3.63) is 83.0 Å². The van der Waals surface area contributed by atoms with Crippen molar-refractivity contribution in [2.24, 2.45) is 5.14 Å². The van der Waals surface area contributed by atoms with Gasteiger partial charge in [0.05, 0.1) is 23.7 Å². The molecule has 2 heterocycles. The van der Waals surface area contributed by atoms with E-state index in [2.05, 4.69) is 15.6 Å². The zero-order valence-electron chi connectivity index (χ0n) is 19.3. The quantitative estimate of drug-likeness (QED) is 0.447. The lowest BCUT2D eigenvalue weighted by Crippen LogP contribution is -2.38. The van der Waals surface area contributed by atoms with E-state index in [1.165, 1.54) is 34.0 Å². The molecular formula is C23H26N6O5S2. The number of carbonyl (C=O) groups is 1. The fourth-order valence-electron chi connectivity index (χ4n) is 3.82. The lowest BCUT2D eigenvalue weighted by molar-refractivity contribution is 0.0950. The molecule has 0 unspecified atom stereocenters. The van der Waals surface area contributed by atoms with Crippen LogP contribution in [0.5, 0.6) is 0 Å². The molecule has 36 heavy (non-hydrogen) atoms. The average Bonchev–Trinajstić information content (AvgIpc) is 3.35. The molecule has 1 fully saturated rings. The van der Waals surface area contributed by atoms with Crippen molar-refractivity contribution < 1.29 is 21.6 Å². The van der Waals surface area contributed by atoms with E-state index in [9.17, 15) is 21.6 Å². The lowest BCUT2D eigenvalue weighted by Gasteiger charge is -2.30. The number of rotatable bonds is 8. The summed E-state index contributed by atoms with van der Waals surface area (Å²) in [6.45, 7) is 0.867. The van der Waals surface area contributed by atoms with Gasteiger partial charge in [-0.15, -0.1) is 5.10 Å². The van der Waals surface area contributed by atoms with Crippen LogP contribution in [0.4, 0.5) is 0 Å². The SMILES string of the molecule is NS(=O)(=O)c1ccc(C(=O)NCc2cn(C3CCN(S(=O)(=O)C=Cc4ccccc4)CC3)nn2)cc1. The van der Waals surface area contributed by atoms with Crippen molar-refractivity contribution in [3.63, 3.8) is 0 Å². The predicted molar refractivity (Wildman–Crippen MR) is 133 cm³/mol. The summed E-state index contributed by atoms with van der Waals surface area (Å²) in [7, 11) is -7.35. The summed E-state index contributed by atoms with van der Waals surface area (Å²) in [5, 5.41) is 17.3. The number of hydrogen-bond acceptors (Lipinski definition) is 7. The lowest BCUT2D eigenvalue weighted by atomic mass is 10.1. The second-order valence-corrected chi connectivity index (χ2v) is 11.7. The third-order valence-electron chi connectivity index (χ3n) is 5.82. The molecule has 1 aliphatic rings. The third kappa shape index (κ3) is 6.43. The van der Waals surface area contributed by atoms with Gasteiger partial charge in [0.1, 0.15) is 5.69 Å². The van der Waals surface area contributed by atoms with Crippen LogP contribution >= 0.6 is 0 Å². The first-order valence-corrected chi connectivity index (χ1v) is 14.2. The molecule has 0 spiro atoms. The van der Waals surface area contributed by atoms with Gasteiger partial charge in [0.25, 0.3) is 5.91 Å². The van der Waals surface area contributed by atoms with Crippen LogP contribution in [0.25, 0.3) is 6.08 Å². The van der Waals surface area contributed by atoms with E-state index < -0.39 is 26.0 Å². The highest BCUT2D eigenvalue weighted by molar-refractivity contribution is 7.92. The van der Waals surface area contributed by atoms with Crippen LogP contribution in [0, 0.1) is 0 Å². The maximum Gasteiger partial charge on any atom is 0.251 e. The molecular weight excluding hydrogens is 504 g/mol. The van der Waals surface area contributed by atoms with Gasteiger partial charge in [-0.05, 0) is 48.7 Å². The highest BCUT2D eigenvalue weighted by Crippen LogP contribution is 2.24. The van der Waals surface area contributed by atoms with Gasteiger partial charge in [-0.3, -0.25) is 4.79 Å². The molecule has 0 bridgehead atoms. The monoisotopic (exact) mass is 530 g/mol. The molecule has 13 heteroatoms. The van der Waals surface area contributed by atoms with Gasteiger partial charge in [-0.2, -0.15) is 4.31 Å². The third-order valence-corrected chi connectivity index (χ3v) is 8.32. The maximum atomic E-state index is 12.7. The molecule has 3 N–H and O–H groups in total. The molecule has 1 saturated heterocycles. The molecule has 0 radical (unpaired) electrons. The molecule has 0 saturated carbocycles. The molecule has 0 atom stereocenters. The fourth-order valence-corrected chi connectivity index (χ4v) is 5.55. The van der Waals surface area contributed by atoms with E-state index in [4.69, 9.17) is 5.14 Å². The largest absolute Gasteiger partial charge is 0.346 e. The Balaban J connectivity index is 1.29. The fraction of sp³-hybridized carbons (Fsp3) is 0.261. The summed E-state index contributed by atoms with van der Waals surface area (Å²) in [6, 6.07) is 14.5. The number of piperidine rings is 1. The minimum Gasteiger partial charge on any atom is -0.346 e. The van der Waals surface area contributed by atoms with Crippen molar-refractivity contribution in [2.75, 3.05) is 13.1 Å². The average molecular weight is 531 g/mol. The molecule has 3 aromatic rings. The van der Waals surface area contributed by atoms with Gasteiger partial charge < -0.3 is 5.32 Å². The number of nitrogens with one attached hydrogen (secondary N) is 1. The molecule has 1 aromatic heterocycles. The Kier molecular flexibility index (Phi) is 7.64. The van der Waals surface area contributed by atoms with E-state index in [0.29, 0.717) is 31.6 Å². The number of benzene rings is 2. The van der Waals surface area contributed by atoms with Crippen LogP contribution < -0.4 is 10.5 Å². The second-order valence-electron chi connectivity index (χ2n) is 8.33. The number of aromatic nitrogens is 3. The van der Waals surface area contributed by atoms with Crippen LogP contribution in [0.2, 0.25) is 0 Å². The van der Waals surface area contributed by atoms with Crippen LogP contribution in [0.3, 0.4) is 0 Å². The molecule has 1 aliphatic heterocycles. The van der Waals surface area contributed by atoms with Crippen molar-refractivity contribution >= 4 is 32.0 Å². The molecule has 2 aromatic carbocycles. The van der Waals surface area contributed by atoms with Gasteiger partial charge in [0, 0.05) is 24.1 Å². The Morgan fingerprint density at radius 3 is 2.33 bits per heavy atom. The van der Waals surface area contributed by atoms with E-state index in [1.54, 1.807) is 17.0 Å². The van der Waals surface area contributed by atoms with Crippen molar-refractivity contribution in [2.45, 2.75) is 30.3 Å². The van der Waals surface area contributed by atoms with Crippen molar-refractivity contribution in [3.8, 4) is 0 Å². The Morgan fingerprint density at radius 2 is 1.69 bits per heavy atom. The van der Waals surface area contributed by atoms with Crippen molar-refractivity contribution in [1.29, 1.82) is 0 Å². The number of primary sulfonamides is 1. The highest BCUT2D eigenvalue weighted by atomic mass is 32.2. The van der Waals surface area contributed by atoms with Crippen molar-refractivity contribution in [1.82, 2.24) is 24.6 Å². The Morgan fingerprint density at radius 1 is 1.03 bits per heavy atom. The summed E-state index contributed by atoms with van der Waals surface area (Å²) < 4.78 is 51.2.